The van der Waals surface area contributed by atoms with Crippen LogP contribution in [0, 0.1) is 5.92 Å². The minimum absolute atomic E-state index is 0.0911. The second-order valence-electron chi connectivity index (χ2n) is 6.95. The third-order valence-corrected chi connectivity index (χ3v) is 6.21. The standard InChI is InChI=1S/C19H22N2O4S/c1-2-24-17(22)13-5-9-21(10-6-13)18(23)19(7-8-19)16-12-14(25-20-16)15-4-3-11-26-15/h3-4,11-13H,2,5-10H2,1H3. The van der Waals surface area contributed by atoms with E-state index in [1.54, 1.807) is 11.3 Å². The fraction of sp³-hybridized carbons (Fsp3) is 0.526. The zero-order valence-electron chi connectivity index (χ0n) is 14.8. The molecule has 0 aromatic carbocycles. The van der Waals surface area contributed by atoms with Crippen LogP contribution < -0.4 is 0 Å². The number of likely N-dealkylation sites (tertiary alicyclic amines) is 1. The maximum Gasteiger partial charge on any atom is 0.309 e. The molecule has 2 aliphatic rings. The van der Waals surface area contributed by atoms with Gasteiger partial charge >= 0.3 is 5.97 Å². The Hall–Kier alpha value is -2.15. The van der Waals surface area contributed by atoms with E-state index in [9.17, 15) is 9.59 Å². The summed E-state index contributed by atoms with van der Waals surface area (Å²) < 4.78 is 10.6. The van der Waals surface area contributed by atoms with Gasteiger partial charge < -0.3 is 14.2 Å². The van der Waals surface area contributed by atoms with Gasteiger partial charge in [0.2, 0.25) is 5.91 Å². The predicted molar refractivity (Wildman–Crippen MR) is 96.7 cm³/mol. The molecule has 3 heterocycles. The zero-order chi connectivity index (χ0) is 18.1. The zero-order valence-corrected chi connectivity index (χ0v) is 15.6. The van der Waals surface area contributed by atoms with E-state index in [4.69, 9.17) is 9.26 Å². The van der Waals surface area contributed by atoms with Gasteiger partial charge in [-0.15, -0.1) is 11.3 Å². The SMILES string of the molecule is CCOC(=O)C1CCN(C(=O)C2(c3cc(-c4cccs4)on3)CC2)CC1. The molecule has 1 saturated heterocycles. The highest BCUT2D eigenvalue weighted by Gasteiger charge is 2.55. The van der Waals surface area contributed by atoms with E-state index in [0.29, 0.717) is 32.5 Å². The third-order valence-electron chi connectivity index (χ3n) is 5.33. The molecule has 0 atom stereocenters. The Kier molecular flexibility index (Phi) is 4.56. The van der Waals surface area contributed by atoms with Crippen molar-refractivity contribution in [3.63, 3.8) is 0 Å². The van der Waals surface area contributed by atoms with E-state index in [1.807, 2.05) is 35.4 Å². The molecule has 2 fully saturated rings. The Morgan fingerprint density at radius 2 is 2.15 bits per heavy atom. The molecule has 0 N–H and O–H groups in total. The van der Waals surface area contributed by atoms with Crippen LogP contribution in [0.4, 0.5) is 0 Å². The van der Waals surface area contributed by atoms with Crippen LogP contribution in [0.15, 0.2) is 28.1 Å². The number of thiophene rings is 1. The molecule has 0 spiro atoms. The summed E-state index contributed by atoms with van der Waals surface area (Å²) in [6.07, 6.45) is 2.94. The van der Waals surface area contributed by atoms with Crippen molar-refractivity contribution in [2.45, 2.75) is 38.0 Å². The van der Waals surface area contributed by atoms with Crippen LogP contribution in [0.2, 0.25) is 0 Å². The first-order chi connectivity index (χ1) is 12.6. The van der Waals surface area contributed by atoms with Gasteiger partial charge in [0.25, 0.3) is 0 Å². The number of esters is 1. The van der Waals surface area contributed by atoms with Gasteiger partial charge in [-0.05, 0) is 44.1 Å². The van der Waals surface area contributed by atoms with Gasteiger partial charge in [0.05, 0.1) is 28.5 Å². The van der Waals surface area contributed by atoms with Crippen LogP contribution in [0.25, 0.3) is 10.6 Å². The van der Waals surface area contributed by atoms with Crippen LogP contribution >= 0.6 is 11.3 Å². The van der Waals surface area contributed by atoms with Crippen molar-refractivity contribution in [2.24, 2.45) is 5.92 Å². The number of hydrogen-bond donors (Lipinski definition) is 0. The average molecular weight is 374 g/mol. The smallest absolute Gasteiger partial charge is 0.309 e. The lowest BCUT2D eigenvalue weighted by molar-refractivity contribution is -0.151. The molecule has 2 aromatic rings. The van der Waals surface area contributed by atoms with Crippen molar-refractivity contribution >= 4 is 23.2 Å². The summed E-state index contributed by atoms with van der Waals surface area (Å²) >= 11 is 1.59. The molecule has 1 aliphatic carbocycles. The molecule has 1 aliphatic heterocycles. The second kappa shape index (κ2) is 6.87. The molecule has 1 saturated carbocycles. The van der Waals surface area contributed by atoms with Crippen LogP contribution in [0.5, 0.6) is 0 Å². The molecule has 0 radical (unpaired) electrons. The Balaban J connectivity index is 1.43. The Morgan fingerprint density at radius 3 is 2.77 bits per heavy atom. The fourth-order valence-electron chi connectivity index (χ4n) is 3.62. The predicted octanol–water partition coefficient (Wildman–Crippen LogP) is 3.24. The largest absolute Gasteiger partial charge is 0.466 e. The molecule has 26 heavy (non-hydrogen) atoms. The van der Waals surface area contributed by atoms with E-state index in [-0.39, 0.29) is 17.8 Å². The summed E-state index contributed by atoms with van der Waals surface area (Å²) in [6.45, 7) is 3.41. The Bertz CT molecular complexity index is 786. The highest BCUT2D eigenvalue weighted by Crippen LogP contribution is 2.50. The number of carbonyl (C=O) groups is 2. The van der Waals surface area contributed by atoms with Crippen molar-refractivity contribution in [1.82, 2.24) is 10.1 Å². The first kappa shape index (κ1) is 17.3. The van der Waals surface area contributed by atoms with Crippen molar-refractivity contribution in [2.75, 3.05) is 19.7 Å². The van der Waals surface area contributed by atoms with E-state index in [2.05, 4.69) is 5.16 Å². The van der Waals surface area contributed by atoms with Crippen LogP contribution in [0.1, 0.15) is 38.3 Å². The number of hydrogen-bond acceptors (Lipinski definition) is 6. The van der Waals surface area contributed by atoms with Crippen LogP contribution in [0.3, 0.4) is 0 Å². The number of piperidine rings is 1. The lowest BCUT2D eigenvalue weighted by Crippen LogP contribution is -2.45. The van der Waals surface area contributed by atoms with E-state index in [1.165, 1.54) is 0 Å². The first-order valence-electron chi connectivity index (χ1n) is 9.11. The van der Waals surface area contributed by atoms with Crippen molar-refractivity contribution in [1.29, 1.82) is 0 Å². The van der Waals surface area contributed by atoms with Gasteiger partial charge in [0.1, 0.15) is 0 Å². The lowest BCUT2D eigenvalue weighted by atomic mass is 9.94. The summed E-state index contributed by atoms with van der Waals surface area (Å²) in [4.78, 5) is 27.9. The lowest BCUT2D eigenvalue weighted by Gasteiger charge is -2.33. The molecule has 4 rings (SSSR count). The first-order valence-corrected chi connectivity index (χ1v) is 9.99. The van der Waals surface area contributed by atoms with Crippen molar-refractivity contribution in [3.8, 4) is 10.6 Å². The molecular weight excluding hydrogens is 352 g/mol. The number of amides is 1. The number of rotatable bonds is 5. The van der Waals surface area contributed by atoms with Crippen LogP contribution in [-0.4, -0.2) is 41.6 Å². The molecule has 1 amide bonds. The van der Waals surface area contributed by atoms with Gasteiger partial charge in [0, 0.05) is 19.2 Å². The Labute approximate surface area is 156 Å². The average Bonchev–Trinajstić information content (AvgIpc) is 3.08. The Morgan fingerprint density at radius 1 is 1.38 bits per heavy atom. The quantitative estimate of drug-likeness (QED) is 0.751. The third kappa shape index (κ3) is 3.05. The van der Waals surface area contributed by atoms with Crippen molar-refractivity contribution in [3.05, 3.63) is 29.3 Å². The maximum atomic E-state index is 13.1. The normalized spacial score (nSPS) is 19.3. The molecule has 138 valence electrons. The van der Waals surface area contributed by atoms with E-state index < -0.39 is 5.41 Å². The molecular formula is C19H22N2O4S. The summed E-state index contributed by atoms with van der Waals surface area (Å²) in [5, 5.41) is 6.19. The molecule has 7 heteroatoms. The van der Waals surface area contributed by atoms with Gasteiger partial charge in [-0.3, -0.25) is 9.59 Å². The fourth-order valence-corrected chi connectivity index (χ4v) is 4.29. The molecule has 0 unspecified atom stereocenters. The van der Waals surface area contributed by atoms with Crippen LogP contribution in [-0.2, 0) is 19.7 Å². The molecule has 2 aromatic heterocycles. The number of ether oxygens (including phenoxy) is 1. The topological polar surface area (TPSA) is 72.6 Å². The number of carbonyl (C=O) groups excluding carboxylic acids is 2. The summed E-state index contributed by atoms with van der Waals surface area (Å²) in [6, 6.07) is 5.85. The minimum Gasteiger partial charge on any atom is -0.466 e. The summed E-state index contributed by atoms with van der Waals surface area (Å²) in [5.74, 6) is 0.602. The highest BCUT2D eigenvalue weighted by atomic mass is 32.1. The number of nitrogens with zero attached hydrogens (tertiary/aromatic N) is 2. The van der Waals surface area contributed by atoms with E-state index in [0.717, 1.165) is 29.2 Å². The monoisotopic (exact) mass is 374 g/mol. The molecule has 6 nitrogen and oxygen atoms in total. The van der Waals surface area contributed by atoms with Gasteiger partial charge in [0.15, 0.2) is 5.76 Å². The summed E-state index contributed by atoms with van der Waals surface area (Å²) in [5.41, 5.74) is 0.203. The van der Waals surface area contributed by atoms with Gasteiger partial charge in [-0.2, -0.15) is 0 Å². The van der Waals surface area contributed by atoms with E-state index >= 15 is 0 Å². The highest BCUT2D eigenvalue weighted by molar-refractivity contribution is 7.13. The van der Waals surface area contributed by atoms with Gasteiger partial charge in [-0.1, -0.05) is 11.2 Å². The second-order valence-corrected chi connectivity index (χ2v) is 7.90. The van der Waals surface area contributed by atoms with Gasteiger partial charge in [-0.25, -0.2) is 0 Å². The molecule has 0 bridgehead atoms. The maximum absolute atomic E-state index is 13.1. The summed E-state index contributed by atoms with van der Waals surface area (Å²) in [7, 11) is 0. The number of aromatic nitrogens is 1. The van der Waals surface area contributed by atoms with Crippen molar-refractivity contribution < 1.29 is 18.8 Å². The minimum atomic E-state index is -0.532.